The maximum absolute atomic E-state index is 10.5. The van der Waals surface area contributed by atoms with Crippen molar-refractivity contribution in [3.05, 3.63) is 40.1 Å². The van der Waals surface area contributed by atoms with Gasteiger partial charge in [-0.25, -0.2) is 0 Å². The Morgan fingerprint density at radius 1 is 1.47 bits per heavy atom. The van der Waals surface area contributed by atoms with Crippen LogP contribution in [0.2, 0.25) is 0 Å². The van der Waals surface area contributed by atoms with Gasteiger partial charge in [-0.2, -0.15) is 0 Å². The molecule has 0 radical (unpaired) electrons. The van der Waals surface area contributed by atoms with E-state index in [-0.39, 0.29) is 11.4 Å². The third-order valence-corrected chi connectivity index (χ3v) is 2.10. The van der Waals surface area contributed by atoms with Crippen molar-refractivity contribution in [3.8, 4) is 11.6 Å². The number of nitrogens with one attached hydrogen (secondary N) is 1. The van der Waals surface area contributed by atoms with Gasteiger partial charge in [-0.3, -0.25) is 15.2 Å². The summed E-state index contributed by atoms with van der Waals surface area (Å²) in [5, 5.41) is 17.1. The highest BCUT2D eigenvalue weighted by Gasteiger charge is 2.10. The summed E-state index contributed by atoms with van der Waals surface area (Å²) in [6, 6.07) is 5.71. The number of aromatic nitrogens is 2. The predicted molar refractivity (Wildman–Crippen MR) is 60.9 cm³/mol. The lowest BCUT2D eigenvalue weighted by atomic mass is 10.2. The summed E-state index contributed by atoms with van der Waals surface area (Å²) in [6.45, 7) is 1.83. The zero-order valence-electron chi connectivity index (χ0n) is 9.01. The number of anilines is 1. The summed E-state index contributed by atoms with van der Waals surface area (Å²) >= 11 is 0. The minimum atomic E-state index is -0.515. The van der Waals surface area contributed by atoms with Crippen LogP contribution in [0, 0.1) is 17.0 Å². The Labute approximate surface area is 96.4 Å². The Bertz CT molecular complexity index is 564. The van der Waals surface area contributed by atoms with E-state index < -0.39 is 4.92 Å². The fourth-order valence-corrected chi connectivity index (χ4v) is 1.30. The van der Waals surface area contributed by atoms with Gasteiger partial charge in [-0.1, -0.05) is 0 Å². The Hall–Kier alpha value is -2.57. The summed E-state index contributed by atoms with van der Waals surface area (Å²) in [5.41, 5.74) is 6.61. The van der Waals surface area contributed by atoms with E-state index in [9.17, 15) is 10.1 Å². The molecule has 0 aliphatic rings. The Morgan fingerprint density at radius 2 is 2.24 bits per heavy atom. The smallest absolute Gasteiger partial charge is 0.271 e. The van der Waals surface area contributed by atoms with E-state index in [1.165, 1.54) is 18.2 Å². The fraction of sp³-hybridized carbons (Fsp3) is 0.100. The van der Waals surface area contributed by atoms with Crippen molar-refractivity contribution in [2.45, 2.75) is 6.92 Å². The number of benzene rings is 1. The number of rotatable bonds is 3. The van der Waals surface area contributed by atoms with Crippen molar-refractivity contribution < 1.29 is 9.66 Å². The molecule has 0 saturated carbocycles. The maximum Gasteiger partial charge on any atom is 0.271 e. The van der Waals surface area contributed by atoms with Gasteiger partial charge >= 0.3 is 0 Å². The maximum atomic E-state index is 10.5. The Morgan fingerprint density at radius 3 is 2.76 bits per heavy atom. The van der Waals surface area contributed by atoms with Gasteiger partial charge in [0.1, 0.15) is 0 Å². The number of nitrogens with two attached hydrogens (primary N) is 1. The van der Waals surface area contributed by atoms with E-state index in [2.05, 4.69) is 10.2 Å². The van der Waals surface area contributed by atoms with Crippen LogP contribution in [0.15, 0.2) is 24.3 Å². The molecule has 17 heavy (non-hydrogen) atoms. The molecule has 0 unspecified atom stereocenters. The molecular weight excluding hydrogens is 224 g/mol. The molecule has 88 valence electrons. The van der Waals surface area contributed by atoms with Crippen molar-refractivity contribution in [3.63, 3.8) is 0 Å². The number of ether oxygens (including phenoxy) is 1. The second-order valence-electron chi connectivity index (χ2n) is 3.47. The number of H-pyrrole nitrogens is 1. The zero-order valence-corrected chi connectivity index (χ0v) is 9.01. The molecule has 1 heterocycles. The monoisotopic (exact) mass is 234 g/mol. The molecule has 0 spiro atoms. The standard InChI is InChI=1S/C10H10N4O3/c1-6-4-10(13-12-6)17-9-3-2-7(14(15)16)5-8(9)11/h2-5H,11H2,1H3,(H,12,13). The van der Waals surface area contributed by atoms with Crippen molar-refractivity contribution >= 4 is 11.4 Å². The minimum absolute atomic E-state index is 0.0759. The first-order valence-corrected chi connectivity index (χ1v) is 4.80. The zero-order chi connectivity index (χ0) is 12.4. The van der Waals surface area contributed by atoms with Gasteiger partial charge in [-0.15, -0.1) is 5.10 Å². The second-order valence-corrected chi connectivity index (χ2v) is 3.47. The number of nitrogen functional groups attached to an aromatic ring is 1. The quantitative estimate of drug-likeness (QED) is 0.479. The van der Waals surface area contributed by atoms with Crippen LogP contribution in [-0.2, 0) is 0 Å². The largest absolute Gasteiger partial charge is 0.435 e. The van der Waals surface area contributed by atoms with E-state index in [1.807, 2.05) is 6.92 Å². The summed E-state index contributed by atoms with van der Waals surface area (Å²) in [6.07, 6.45) is 0. The van der Waals surface area contributed by atoms with E-state index in [4.69, 9.17) is 10.5 Å². The molecule has 7 nitrogen and oxygen atoms in total. The molecular formula is C10H10N4O3. The molecule has 3 N–H and O–H groups in total. The van der Waals surface area contributed by atoms with Crippen LogP contribution in [0.1, 0.15) is 5.69 Å². The topological polar surface area (TPSA) is 107 Å². The van der Waals surface area contributed by atoms with Gasteiger partial charge in [0.05, 0.1) is 10.6 Å². The summed E-state index contributed by atoms with van der Waals surface area (Å²) < 4.78 is 5.37. The van der Waals surface area contributed by atoms with E-state index >= 15 is 0 Å². The fourth-order valence-electron chi connectivity index (χ4n) is 1.30. The van der Waals surface area contributed by atoms with Gasteiger partial charge in [0.15, 0.2) is 5.75 Å². The van der Waals surface area contributed by atoms with Gasteiger partial charge in [-0.05, 0) is 13.0 Å². The number of hydrogen-bond acceptors (Lipinski definition) is 5. The van der Waals surface area contributed by atoms with Gasteiger partial charge in [0.25, 0.3) is 5.69 Å². The summed E-state index contributed by atoms with van der Waals surface area (Å²) in [7, 11) is 0. The predicted octanol–water partition coefficient (Wildman–Crippen LogP) is 2.00. The lowest BCUT2D eigenvalue weighted by Gasteiger charge is -2.04. The third-order valence-electron chi connectivity index (χ3n) is 2.10. The molecule has 0 atom stereocenters. The average molecular weight is 234 g/mol. The molecule has 1 aromatic carbocycles. The number of hydrogen-bond donors (Lipinski definition) is 2. The van der Waals surface area contributed by atoms with Gasteiger partial charge in [0.2, 0.25) is 5.88 Å². The molecule has 2 aromatic rings. The van der Waals surface area contributed by atoms with Gasteiger partial charge in [0, 0.05) is 23.9 Å². The van der Waals surface area contributed by atoms with Crippen LogP contribution in [0.3, 0.4) is 0 Å². The third kappa shape index (κ3) is 2.33. The van der Waals surface area contributed by atoms with Crippen LogP contribution >= 0.6 is 0 Å². The lowest BCUT2D eigenvalue weighted by Crippen LogP contribution is -1.95. The molecule has 0 bridgehead atoms. The van der Waals surface area contributed by atoms with Crippen molar-refractivity contribution in [2.24, 2.45) is 0 Å². The number of aryl methyl sites for hydroxylation is 1. The van der Waals surface area contributed by atoms with Crippen LogP contribution in [0.4, 0.5) is 11.4 Å². The first-order valence-electron chi connectivity index (χ1n) is 4.80. The average Bonchev–Trinajstić information content (AvgIpc) is 2.67. The molecule has 0 saturated heterocycles. The number of nitro groups is 1. The molecule has 0 aliphatic heterocycles. The van der Waals surface area contributed by atoms with Gasteiger partial charge < -0.3 is 10.5 Å². The highest BCUT2D eigenvalue weighted by molar-refractivity contribution is 5.59. The van der Waals surface area contributed by atoms with E-state index in [1.54, 1.807) is 6.07 Å². The highest BCUT2D eigenvalue weighted by atomic mass is 16.6. The highest BCUT2D eigenvalue weighted by Crippen LogP contribution is 2.29. The van der Waals surface area contributed by atoms with Crippen LogP contribution in [0.5, 0.6) is 11.6 Å². The van der Waals surface area contributed by atoms with Crippen LogP contribution < -0.4 is 10.5 Å². The number of nitro benzene ring substituents is 1. The van der Waals surface area contributed by atoms with Crippen LogP contribution in [0.25, 0.3) is 0 Å². The Kier molecular flexibility index (Phi) is 2.65. The second kappa shape index (κ2) is 4.12. The van der Waals surface area contributed by atoms with Crippen molar-refractivity contribution in [1.82, 2.24) is 10.2 Å². The SMILES string of the molecule is Cc1cc(Oc2ccc([N+](=O)[O-])cc2N)n[nH]1. The van der Waals surface area contributed by atoms with Crippen molar-refractivity contribution in [1.29, 1.82) is 0 Å². The molecule has 0 fully saturated rings. The number of nitrogens with zero attached hydrogens (tertiary/aromatic N) is 2. The summed E-state index contributed by atoms with van der Waals surface area (Å²) in [5.74, 6) is 0.699. The van der Waals surface area contributed by atoms with E-state index in [0.717, 1.165) is 5.69 Å². The van der Waals surface area contributed by atoms with Crippen molar-refractivity contribution in [2.75, 3.05) is 5.73 Å². The molecule has 0 amide bonds. The summed E-state index contributed by atoms with van der Waals surface area (Å²) in [4.78, 5) is 10.0. The molecule has 7 heteroatoms. The normalized spacial score (nSPS) is 10.2. The number of non-ortho nitro benzene ring substituents is 1. The first-order chi connectivity index (χ1) is 8.06. The number of aromatic amines is 1. The first kappa shape index (κ1) is 10.9. The molecule has 0 aliphatic carbocycles. The van der Waals surface area contributed by atoms with Crippen LogP contribution in [-0.4, -0.2) is 15.1 Å². The molecule has 1 aromatic heterocycles. The Balaban J connectivity index is 2.25. The van der Waals surface area contributed by atoms with E-state index in [0.29, 0.717) is 11.6 Å². The minimum Gasteiger partial charge on any atom is -0.435 e. The molecule has 2 rings (SSSR count). The lowest BCUT2D eigenvalue weighted by molar-refractivity contribution is -0.384.